The van der Waals surface area contributed by atoms with Crippen LogP contribution in [0.4, 0.5) is 4.39 Å². The van der Waals surface area contributed by atoms with Crippen LogP contribution in [0.5, 0.6) is 0 Å². The molecule has 0 N–H and O–H groups in total. The second-order valence-electron chi connectivity index (χ2n) is 2.91. The van der Waals surface area contributed by atoms with Crippen LogP contribution < -0.4 is 5.32 Å². The predicted molar refractivity (Wildman–Crippen MR) is 43.5 cm³/mol. The Bertz CT molecular complexity index is 92.1. The Morgan fingerprint density at radius 1 is 1.18 bits per heavy atom. The number of unbranched alkanes of at least 4 members (excludes halogenated alkanes) is 1. The first-order chi connectivity index (χ1) is 5.43. The summed E-state index contributed by atoms with van der Waals surface area (Å²) < 4.78 is 11.7. The minimum absolute atomic E-state index is 0.168. The maximum absolute atomic E-state index is 11.7. The molecule has 1 aliphatic heterocycles. The van der Waals surface area contributed by atoms with Crippen LogP contribution in [-0.4, -0.2) is 44.3 Å². The molecule has 1 aliphatic rings. The first-order valence-electron chi connectivity index (χ1n) is 4.35. The SMILES string of the molecule is FCCCCN1CC[N]CC1. The van der Waals surface area contributed by atoms with E-state index < -0.39 is 0 Å². The molecule has 11 heavy (non-hydrogen) atoms. The van der Waals surface area contributed by atoms with E-state index in [1.165, 1.54) is 0 Å². The van der Waals surface area contributed by atoms with Crippen molar-refractivity contribution in [1.29, 1.82) is 0 Å². The van der Waals surface area contributed by atoms with Crippen LogP contribution in [-0.2, 0) is 0 Å². The third-order valence-electron chi connectivity index (χ3n) is 2.01. The van der Waals surface area contributed by atoms with Crippen molar-refractivity contribution in [2.24, 2.45) is 0 Å². The average Bonchev–Trinajstić information content (AvgIpc) is 2.07. The number of rotatable bonds is 4. The van der Waals surface area contributed by atoms with Crippen molar-refractivity contribution in [2.45, 2.75) is 12.8 Å². The summed E-state index contributed by atoms with van der Waals surface area (Å²) in [4.78, 5) is 2.36. The second-order valence-corrected chi connectivity index (χ2v) is 2.91. The fourth-order valence-corrected chi connectivity index (χ4v) is 1.30. The molecule has 0 aromatic heterocycles. The molecule has 1 saturated heterocycles. The minimum atomic E-state index is -0.168. The maximum Gasteiger partial charge on any atom is 0.0894 e. The molecule has 2 nitrogen and oxygen atoms in total. The van der Waals surface area contributed by atoms with Gasteiger partial charge in [0, 0.05) is 26.2 Å². The molecular weight excluding hydrogens is 143 g/mol. The molecule has 3 heteroatoms. The van der Waals surface area contributed by atoms with E-state index >= 15 is 0 Å². The van der Waals surface area contributed by atoms with Crippen molar-refractivity contribution in [2.75, 3.05) is 39.4 Å². The maximum atomic E-state index is 11.7. The summed E-state index contributed by atoms with van der Waals surface area (Å²) in [6, 6.07) is 0. The van der Waals surface area contributed by atoms with Crippen LogP contribution in [0.3, 0.4) is 0 Å². The van der Waals surface area contributed by atoms with E-state index in [0.29, 0.717) is 6.42 Å². The van der Waals surface area contributed by atoms with Gasteiger partial charge in [-0.2, -0.15) is 0 Å². The number of hydrogen-bond acceptors (Lipinski definition) is 1. The Hall–Kier alpha value is -0.150. The molecule has 0 saturated carbocycles. The van der Waals surface area contributed by atoms with E-state index in [-0.39, 0.29) is 6.67 Å². The summed E-state index contributed by atoms with van der Waals surface area (Å²) in [5.74, 6) is 0. The summed E-state index contributed by atoms with van der Waals surface area (Å²) >= 11 is 0. The average molecular weight is 159 g/mol. The first-order valence-corrected chi connectivity index (χ1v) is 4.35. The molecular formula is C8H16FN2. The lowest BCUT2D eigenvalue weighted by Gasteiger charge is -2.25. The van der Waals surface area contributed by atoms with Crippen LogP contribution >= 0.6 is 0 Å². The smallest absolute Gasteiger partial charge is 0.0894 e. The number of piperazine rings is 1. The molecule has 0 atom stereocenters. The fraction of sp³-hybridized carbons (Fsp3) is 1.00. The highest BCUT2D eigenvalue weighted by Crippen LogP contribution is 1.97. The Labute approximate surface area is 67.8 Å². The van der Waals surface area contributed by atoms with E-state index in [2.05, 4.69) is 10.2 Å². The third-order valence-corrected chi connectivity index (χ3v) is 2.01. The van der Waals surface area contributed by atoms with Gasteiger partial charge < -0.3 is 4.90 Å². The Morgan fingerprint density at radius 2 is 1.91 bits per heavy atom. The van der Waals surface area contributed by atoms with Crippen LogP contribution in [0.1, 0.15) is 12.8 Å². The normalized spacial score (nSPS) is 20.5. The molecule has 0 aliphatic carbocycles. The lowest BCUT2D eigenvalue weighted by Crippen LogP contribution is -2.40. The summed E-state index contributed by atoms with van der Waals surface area (Å²) in [7, 11) is 0. The highest BCUT2D eigenvalue weighted by Gasteiger charge is 2.08. The van der Waals surface area contributed by atoms with Gasteiger partial charge in [0.15, 0.2) is 0 Å². The van der Waals surface area contributed by atoms with Gasteiger partial charge >= 0.3 is 0 Å². The number of alkyl halides is 1. The van der Waals surface area contributed by atoms with Gasteiger partial charge in [-0.25, -0.2) is 5.32 Å². The van der Waals surface area contributed by atoms with Gasteiger partial charge in [-0.3, -0.25) is 4.39 Å². The lowest BCUT2D eigenvalue weighted by atomic mass is 10.3. The van der Waals surface area contributed by atoms with Gasteiger partial charge in [-0.05, 0) is 19.4 Å². The highest BCUT2D eigenvalue weighted by molar-refractivity contribution is 4.66. The Kier molecular flexibility index (Phi) is 4.47. The molecule has 0 unspecified atom stereocenters. The van der Waals surface area contributed by atoms with Crippen molar-refractivity contribution in [3.05, 3.63) is 0 Å². The summed E-state index contributed by atoms with van der Waals surface area (Å²) in [5.41, 5.74) is 0. The van der Waals surface area contributed by atoms with Gasteiger partial charge in [-0.1, -0.05) is 0 Å². The largest absolute Gasteiger partial charge is 0.301 e. The molecule has 1 fully saturated rings. The molecule has 0 spiro atoms. The monoisotopic (exact) mass is 159 g/mol. The quantitative estimate of drug-likeness (QED) is 0.551. The van der Waals surface area contributed by atoms with Gasteiger partial charge in [0.1, 0.15) is 0 Å². The van der Waals surface area contributed by atoms with Crippen molar-refractivity contribution in [3.8, 4) is 0 Å². The van der Waals surface area contributed by atoms with E-state index in [9.17, 15) is 4.39 Å². The van der Waals surface area contributed by atoms with Crippen molar-refractivity contribution in [3.63, 3.8) is 0 Å². The zero-order valence-electron chi connectivity index (χ0n) is 6.93. The van der Waals surface area contributed by atoms with Crippen LogP contribution in [0.25, 0.3) is 0 Å². The van der Waals surface area contributed by atoms with Crippen molar-refractivity contribution in [1.82, 2.24) is 10.2 Å². The molecule has 0 aromatic carbocycles. The van der Waals surface area contributed by atoms with Crippen molar-refractivity contribution >= 4 is 0 Å². The molecule has 1 rings (SSSR count). The molecule has 0 aromatic rings. The van der Waals surface area contributed by atoms with Crippen molar-refractivity contribution < 1.29 is 4.39 Å². The topological polar surface area (TPSA) is 17.3 Å². The Morgan fingerprint density at radius 3 is 2.55 bits per heavy atom. The lowest BCUT2D eigenvalue weighted by molar-refractivity contribution is 0.231. The van der Waals surface area contributed by atoms with Gasteiger partial charge in [0.2, 0.25) is 0 Å². The van der Waals surface area contributed by atoms with Crippen LogP contribution in [0, 0.1) is 0 Å². The van der Waals surface area contributed by atoms with Gasteiger partial charge in [0.25, 0.3) is 0 Å². The standard InChI is InChI=1S/C8H16FN2/c9-3-1-2-6-11-7-4-10-5-8-11/h1-8H2. The zero-order valence-corrected chi connectivity index (χ0v) is 6.93. The fourth-order valence-electron chi connectivity index (χ4n) is 1.30. The van der Waals surface area contributed by atoms with Crippen LogP contribution in [0.2, 0.25) is 0 Å². The Balaban J connectivity index is 1.96. The van der Waals surface area contributed by atoms with E-state index in [0.717, 1.165) is 39.1 Å². The third kappa shape index (κ3) is 3.68. The van der Waals surface area contributed by atoms with E-state index in [1.807, 2.05) is 0 Å². The molecule has 65 valence electrons. The zero-order chi connectivity index (χ0) is 7.94. The van der Waals surface area contributed by atoms with E-state index in [1.54, 1.807) is 0 Å². The van der Waals surface area contributed by atoms with Crippen LogP contribution in [0.15, 0.2) is 0 Å². The number of halogens is 1. The van der Waals surface area contributed by atoms with Gasteiger partial charge in [-0.15, -0.1) is 0 Å². The molecule has 1 radical (unpaired) electrons. The number of hydrogen-bond donors (Lipinski definition) is 0. The van der Waals surface area contributed by atoms with E-state index in [4.69, 9.17) is 0 Å². The summed E-state index contributed by atoms with van der Waals surface area (Å²) in [5, 5.41) is 4.24. The minimum Gasteiger partial charge on any atom is -0.301 e. The molecule has 1 heterocycles. The summed E-state index contributed by atoms with van der Waals surface area (Å²) in [6.07, 6.45) is 1.71. The van der Waals surface area contributed by atoms with Gasteiger partial charge in [0.05, 0.1) is 6.67 Å². The highest BCUT2D eigenvalue weighted by atomic mass is 19.1. The molecule has 0 bridgehead atoms. The summed E-state index contributed by atoms with van der Waals surface area (Å²) in [6.45, 7) is 4.97. The first kappa shape index (κ1) is 8.94. The number of nitrogens with zero attached hydrogens (tertiary/aromatic N) is 2. The molecule has 0 amide bonds. The second kappa shape index (κ2) is 5.49. The predicted octanol–water partition coefficient (Wildman–Crippen LogP) is 0.656.